The van der Waals surface area contributed by atoms with Crippen molar-refractivity contribution < 1.29 is 9.21 Å². The van der Waals surface area contributed by atoms with E-state index in [0.29, 0.717) is 29.2 Å². The third-order valence-electron chi connectivity index (χ3n) is 4.17. The molecule has 2 heterocycles. The van der Waals surface area contributed by atoms with Crippen LogP contribution in [-0.2, 0) is 6.54 Å². The predicted molar refractivity (Wildman–Crippen MR) is 109 cm³/mol. The second-order valence-electron chi connectivity index (χ2n) is 6.13. The van der Waals surface area contributed by atoms with Gasteiger partial charge < -0.3 is 9.73 Å². The standard InChI is InChI=1S/C22H18N4O2/c27-22(23-14-16-7-2-1-3-8-16)19-13-21(25-20-11-5-4-10-18(19)20)26-24-15-17-9-6-12-28-17/h1-13,15H,14H2,(H,23,27)(H,25,26)/b24-15+. The number of nitrogens with zero attached hydrogens (tertiary/aromatic N) is 2. The molecule has 2 N–H and O–H groups in total. The van der Waals surface area contributed by atoms with E-state index in [1.807, 2.05) is 54.6 Å². The molecular formula is C22H18N4O2. The summed E-state index contributed by atoms with van der Waals surface area (Å²) in [6.07, 6.45) is 3.12. The topological polar surface area (TPSA) is 79.5 Å². The van der Waals surface area contributed by atoms with Gasteiger partial charge in [0.05, 0.1) is 23.6 Å². The van der Waals surface area contributed by atoms with Crippen LogP contribution in [0.4, 0.5) is 5.82 Å². The first-order chi connectivity index (χ1) is 13.8. The van der Waals surface area contributed by atoms with Crippen molar-refractivity contribution in [2.45, 2.75) is 6.54 Å². The highest BCUT2D eigenvalue weighted by Gasteiger charge is 2.12. The van der Waals surface area contributed by atoms with Gasteiger partial charge in [-0.05, 0) is 29.8 Å². The Morgan fingerprint density at radius 3 is 2.68 bits per heavy atom. The molecule has 4 aromatic rings. The van der Waals surface area contributed by atoms with Crippen molar-refractivity contribution in [3.8, 4) is 0 Å². The van der Waals surface area contributed by atoms with Crippen LogP contribution in [0, 0.1) is 0 Å². The fourth-order valence-electron chi connectivity index (χ4n) is 2.82. The van der Waals surface area contributed by atoms with Crippen molar-refractivity contribution in [1.29, 1.82) is 0 Å². The first-order valence-corrected chi connectivity index (χ1v) is 8.84. The molecule has 2 aromatic heterocycles. The largest absolute Gasteiger partial charge is 0.463 e. The van der Waals surface area contributed by atoms with Crippen molar-refractivity contribution in [2.24, 2.45) is 5.10 Å². The Morgan fingerprint density at radius 2 is 1.86 bits per heavy atom. The number of anilines is 1. The lowest BCUT2D eigenvalue weighted by atomic mass is 10.1. The van der Waals surface area contributed by atoms with Gasteiger partial charge in [0.1, 0.15) is 11.6 Å². The van der Waals surface area contributed by atoms with E-state index in [1.54, 1.807) is 30.7 Å². The Labute approximate surface area is 161 Å². The molecule has 1 amide bonds. The minimum atomic E-state index is -0.166. The van der Waals surface area contributed by atoms with Gasteiger partial charge in [0.2, 0.25) is 0 Å². The molecule has 6 heteroatoms. The number of aromatic nitrogens is 1. The molecule has 2 aromatic carbocycles. The lowest BCUT2D eigenvalue weighted by Gasteiger charge is -2.10. The molecule has 0 unspecified atom stereocenters. The van der Waals surface area contributed by atoms with E-state index in [0.717, 1.165) is 10.9 Å². The Balaban J connectivity index is 1.57. The summed E-state index contributed by atoms with van der Waals surface area (Å²) in [6.45, 7) is 0.454. The number of furan rings is 1. The van der Waals surface area contributed by atoms with E-state index in [2.05, 4.69) is 20.8 Å². The fourth-order valence-corrected chi connectivity index (χ4v) is 2.82. The maximum atomic E-state index is 12.8. The number of fused-ring (bicyclic) bond motifs is 1. The molecule has 0 aliphatic rings. The predicted octanol–water partition coefficient (Wildman–Crippen LogP) is 4.20. The highest BCUT2D eigenvalue weighted by Crippen LogP contribution is 2.21. The van der Waals surface area contributed by atoms with Crippen molar-refractivity contribution in [3.63, 3.8) is 0 Å². The Kier molecular flexibility index (Phi) is 5.11. The van der Waals surface area contributed by atoms with E-state index < -0.39 is 0 Å². The highest BCUT2D eigenvalue weighted by molar-refractivity contribution is 6.07. The summed E-state index contributed by atoms with van der Waals surface area (Å²) in [4.78, 5) is 17.3. The van der Waals surface area contributed by atoms with Gasteiger partial charge in [-0.25, -0.2) is 4.98 Å². The molecule has 0 radical (unpaired) electrons. The zero-order valence-electron chi connectivity index (χ0n) is 15.0. The summed E-state index contributed by atoms with van der Waals surface area (Å²) in [6, 6.07) is 22.6. The van der Waals surface area contributed by atoms with E-state index in [1.165, 1.54) is 0 Å². The second-order valence-corrected chi connectivity index (χ2v) is 6.13. The molecule has 0 fully saturated rings. The molecule has 6 nitrogen and oxygen atoms in total. The molecule has 0 spiro atoms. The van der Waals surface area contributed by atoms with E-state index in [9.17, 15) is 4.79 Å². The molecular weight excluding hydrogens is 352 g/mol. The van der Waals surface area contributed by atoms with Gasteiger partial charge in [0, 0.05) is 11.9 Å². The normalized spacial score (nSPS) is 11.0. The van der Waals surface area contributed by atoms with Crippen molar-refractivity contribution in [1.82, 2.24) is 10.3 Å². The van der Waals surface area contributed by atoms with Crippen molar-refractivity contribution >= 4 is 28.8 Å². The number of hydrazone groups is 1. The fraction of sp³-hybridized carbons (Fsp3) is 0.0455. The Hall–Kier alpha value is -3.93. The van der Waals surface area contributed by atoms with E-state index in [-0.39, 0.29) is 5.91 Å². The maximum absolute atomic E-state index is 12.8. The van der Waals surface area contributed by atoms with Crippen LogP contribution < -0.4 is 10.7 Å². The molecule has 0 bridgehead atoms. The minimum Gasteiger partial charge on any atom is -0.463 e. The molecule has 0 saturated carbocycles. The number of nitrogens with one attached hydrogen (secondary N) is 2. The zero-order chi connectivity index (χ0) is 19.2. The molecule has 0 aliphatic carbocycles. The summed E-state index contributed by atoms with van der Waals surface area (Å²) in [5.74, 6) is 0.931. The third kappa shape index (κ3) is 4.07. The summed E-state index contributed by atoms with van der Waals surface area (Å²) in [5.41, 5.74) is 5.15. The van der Waals surface area contributed by atoms with Gasteiger partial charge in [0.25, 0.3) is 5.91 Å². The SMILES string of the molecule is O=C(NCc1ccccc1)c1cc(N/N=C/c2ccco2)nc2ccccc12. The van der Waals surface area contributed by atoms with E-state index in [4.69, 9.17) is 4.42 Å². The quantitative estimate of drug-likeness (QED) is 0.394. The number of hydrogen-bond acceptors (Lipinski definition) is 5. The summed E-state index contributed by atoms with van der Waals surface area (Å²) in [5, 5.41) is 7.87. The summed E-state index contributed by atoms with van der Waals surface area (Å²) < 4.78 is 5.20. The van der Waals surface area contributed by atoms with Crippen LogP contribution in [0.5, 0.6) is 0 Å². The zero-order valence-corrected chi connectivity index (χ0v) is 15.0. The molecule has 0 aliphatic heterocycles. The number of hydrogen-bond donors (Lipinski definition) is 2. The van der Waals surface area contributed by atoms with Gasteiger partial charge >= 0.3 is 0 Å². The van der Waals surface area contributed by atoms with Crippen LogP contribution >= 0.6 is 0 Å². The number of carbonyl (C=O) groups excluding carboxylic acids is 1. The first-order valence-electron chi connectivity index (χ1n) is 8.84. The van der Waals surface area contributed by atoms with Crippen LogP contribution in [0.3, 0.4) is 0 Å². The minimum absolute atomic E-state index is 0.166. The lowest BCUT2D eigenvalue weighted by molar-refractivity contribution is 0.0952. The van der Waals surface area contributed by atoms with Gasteiger partial charge in [-0.2, -0.15) is 5.10 Å². The number of benzene rings is 2. The van der Waals surface area contributed by atoms with Crippen LogP contribution in [0.2, 0.25) is 0 Å². The molecule has 0 atom stereocenters. The van der Waals surface area contributed by atoms with Crippen LogP contribution in [0.15, 0.2) is 88.6 Å². The van der Waals surface area contributed by atoms with Gasteiger partial charge in [-0.15, -0.1) is 0 Å². The molecule has 28 heavy (non-hydrogen) atoms. The van der Waals surface area contributed by atoms with Gasteiger partial charge in [-0.1, -0.05) is 48.5 Å². The maximum Gasteiger partial charge on any atom is 0.252 e. The van der Waals surface area contributed by atoms with Crippen molar-refractivity contribution in [3.05, 3.63) is 95.9 Å². The Morgan fingerprint density at radius 1 is 1.04 bits per heavy atom. The summed E-state index contributed by atoms with van der Waals surface area (Å²) >= 11 is 0. The highest BCUT2D eigenvalue weighted by atomic mass is 16.3. The van der Waals surface area contributed by atoms with Gasteiger partial charge in [0.15, 0.2) is 0 Å². The second kappa shape index (κ2) is 8.18. The number of amides is 1. The Bertz CT molecular complexity index is 1110. The number of para-hydroxylation sites is 1. The molecule has 4 rings (SSSR count). The van der Waals surface area contributed by atoms with E-state index >= 15 is 0 Å². The lowest BCUT2D eigenvalue weighted by Crippen LogP contribution is -2.23. The van der Waals surface area contributed by atoms with Crippen molar-refractivity contribution in [2.75, 3.05) is 5.43 Å². The van der Waals surface area contributed by atoms with Crippen LogP contribution in [-0.4, -0.2) is 17.1 Å². The average Bonchev–Trinajstić information content (AvgIpc) is 3.26. The van der Waals surface area contributed by atoms with Crippen LogP contribution in [0.1, 0.15) is 21.7 Å². The molecule has 0 saturated heterocycles. The first kappa shape index (κ1) is 17.5. The average molecular weight is 370 g/mol. The molecule has 138 valence electrons. The third-order valence-corrected chi connectivity index (χ3v) is 4.17. The van der Waals surface area contributed by atoms with Gasteiger partial charge in [-0.3, -0.25) is 10.2 Å². The summed E-state index contributed by atoms with van der Waals surface area (Å²) in [7, 11) is 0. The number of pyridine rings is 1. The number of rotatable bonds is 6. The number of carbonyl (C=O) groups is 1. The smallest absolute Gasteiger partial charge is 0.252 e. The van der Waals surface area contributed by atoms with Crippen LogP contribution in [0.25, 0.3) is 10.9 Å². The monoisotopic (exact) mass is 370 g/mol.